The van der Waals surface area contributed by atoms with Crippen LogP contribution in [0.3, 0.4) is 0 Å². The molecule has 0 aromatic rings. The Labute approximate surface area is 227 Å². The number of piperazine rings is 1. The van der Waals surface area contributed by atoms with Crippen LogP contribution in [0.2, 0.25) is 0 Å². The van der Waals surface area contributed by atoms with Gasteiger partial charge in [-0.3, -0.25) is 19.6 Å². The van der Waals surface area contributed by atoms with Crippen LogP contribution in [0.1, 0.15) is 53.4 Å². The molecule has 0 aromatic heterocycles. The van der Waals surface area contributed by atoms with Crippen molar-refractivity contribution in [2.45, 2.75) is 90.0 Å². The van der Waals surface area contributed by atoms with Crippen LogP contribution in [0.5, 0.6) is 0 Å². The Kier molecular flexibility index (Phi) is 11.9. The number of rotatable bonds is 10. The highest BCUT2D eigenvalue weighted by Crippen LogP contribution is 2.24. The minimum atomic E-state index is -1.11. The molecule has 0 bridgehead atoms. The van der Waals surface area contributed by atoms with Gasteiger partial charge in [0.1, 0.15) is 18.3 Å². The lowest BCUT2D eigenvalue weighted by Crippen LogP contribution is -2.68. The van der Waals surface area contributed by atoms with Gasteiger partial charge in [-0.25, -0.2) is 8.78 Å². The Morgan fingerprint density at radius 1 is 1.13 bits per heavy atom. The van der Waals surface area contributed by atoms with Gasteiger partial charge in [0, 0.05) is 64.2 Å². The van der Waals surface area contributed by atoms with Gasteiger partial charge >= 0.3 is 0 Å². The standard InChI is InChI=1S/C27H51F2N7O2/c1-18(33-15-19(28)5-8-27(2,3)4)23(25(30)31)26(37)34-22-17-32-16-21(29)24(22)36-11-9-35(10-12-36)20-6-13-38-14-7-20/h19-25,32H,5-17,30-31H2,1-4H3,(H,34,37)/b33-18+. The highest BCUT2D eigenvalue weighted by molar-refractivity contribution is 6.03. The molecule has 0 aromatic carbocycles. The first-order valence-electron chi connectivity index (χ1n) is 14.3. The summed E-state index contributed by atoms with van der Waals surface area (Å²) in [7, 11) is 0. The Morgan fingerprint density at radius 2 is 1.76 bits per heavy atom. The second-order valence-corrected chi connectivity index (χ2v) is 12.4. The third-order valence-electron chi connectivity index (χ3n) is 8.16. The molecule has 0 radical (unpaired) electrons. The summed E-state index contributed by atoms with van der Waals surface area (Å²) < 4.78 is 35.2. The topological polar surface area (TPSA) is 121 Å². The average Bonchev–Trinajstić information content (AvgIpc) is 2.86. The molecule has 3 aliphatic heterocycles. The smallest absolute Gasteiger partial charge is 0.232 e. The average molecular weight is 544 g/mol. The van der Waals surface area contributed by atoms with Gasteiger partial charge in [0.15, 0.2) is 0 Å². The molecule has 3 rings (SSSR count). The number of carbonyl (C=O) groups excluding carboxylic acids is 1. The minimum absolute atomic E-state index is 0.0318. The fourth-order valence-corrected chi connectivity index (χ4v) is 5.88. The summed E-state index contributed by atoms with van der Waals surface area (Å²) in [5.74, 6) is -1.30. The molecule has 6 N–H and O–H groups in total. The van der Waals surface area contributed by atoms with Crippen molar-refractivity contribution in [3.63, 3.8) is 0 Å². The van der Waals surface area contributed by atoms with Crippen LogP contribution in [-0.2, 0) is 9.53 Å². The minimum Gasteiger partial charge on any atom is -0.381 e. The molecule has 5 unspecified atom stereocenters. The van der Waals surface area contributed by atoms with E-state index >= 15 is 4.39 Å². The quantitative estimate of drug-likeness (QED) is 0.240. The van der Waals surface area contributed by atoms with E-state index < -0.39 is 42.4 Å². The fourth-order valence-electron chi connectivity index (χ4n) is 5.88. The number of nitrogens with one attached hydrogen (secondary N) is 2. The molecule has 3 aliphatic rings. The number of amides is 1. The molecule has 38 heavy (non-hydrogen) atoms. The van der Waals surface area contributed by atoms with Crippen molar-refractivity contribution in [1.82, 2.24) is 20.4 Å². The maximum atomic E-state index is 15.3. The van der Waals surface area contributed by atoms with Gasteiger partial charge in [-0.15, -0.1) is 0 Å². The number of ether oxygens (including phenoxy) is 1. The Bertz CT molecular complexity index is 765. The number of aliphatic imine (C=N–C) groups is 1. The van der Waals surface area contributed by atoms with Crippen LogP contribution in [-0.4, -0.2) is 117 Å². The van der Waals surface area contributed by atoms with Gasteiger partial charge in [-0.1, -0.05) is 20.8 Å². The van der Waals surface area contributed by atoms with Gasteiger partial charge in [0.2, 0.25) is 5.91 Å². The van der Waals surface area contributed by atoms with E-state index in [1.54, 1.807) is 6.92 Å². The van der Waals surface area contributed by atoms with E-state index in [0.29, 0.717) is 24.7 Å². The van der Waals surface area contributed by atoms with Gasteiger partial charge in [-0.2, -0.15) is 0 Å². The summed E-state index contributed by atoms with van der Waals surface area (Å²) in [5.41, 5.74) is 12.4. The molecule has 220 valence electrons. The summed E-state index contributed by atoms with van der Waals surface area (Å²) >= 11 is 0. The van der Waals surface area contributed by atoms with Crippen LogP contribution < -0.4 is 22.1 Å². The second kappa shape index (κ2) is 14.4. The van der Waals surface area contributed by atoms with Gasteiger partial charge in [-0.05, 0) is 38.0 Å². The van der Waals surface area contributed by atoms with Crippen molar-refractivity contribution < 1.29 is 18.3 Å². The summed E-state index contributed by atoms with van der Waals surface area (Å²) in [4.78, 5) is 22.4. The number of nitrogens with two attached hydrogens (primary N) is 2. The SMILES string of the molecule is C/C(=N\CC(F)CCC(C)(C)C)C(C(=O)NC1CNCC(F)C1N1CCN(C2CCOCC2)CC1)C(N)N. The van der Waals surface area contributed by atoms with Crippen molar-refractivity contribution in [1.29, 1.82) is 0 Å². The molecule has 0 spiro atoms. The normalized spacial score (nSPS) is 28.9. The zero-order valence-electron chi connectivity index (χ0n) is 23.8. The molecule has 3 fully saturated rings. The summed E-state index contributed by atoms with van der Waals surface area (Å²) in [6.45, 7) is 13.4. The maximum Gasteiger partial charge on any atom is 0.232 e. The first-order chi connectivity index (χ1) is 18.0. The number of piperidine rings is 1. The Balaban J connectivity index is 1.59. The molecule has 9 nitrogen and oxygen atoms in total. The molecular formula is C27H51F2N7O2. The number of halogens is 2. The molecule has 3 heterocycles. The third kappa shape index (κ3) is 9.16. The molecule has 0 saturated carbocycles. The molecule has 5 atom stereocenters. The van der Waals surface area contributed by atoms with E-state index in [0.717, 1.165) is 58.7 Å². The third-order valence-corrected chi connectivity index (χ3v) is 8.16. The van der Waals surface area contributed by atoms with Crippen LogP contribution >= 0.6 is 0 Å². The number of hydrogen-bond donors (Lipinski definition) is 4. The van der Waals surface area contributed by atoms with Crippen molar-refractivity contribution in [3.8, 4) is 0 Å². The molecule has 11 heteroatoms. The monoisotopic (exact) mass is 543 g/mol. The summed E-state index contributed by atoms with van der Waals surface area (Å²) in [6, 6.07) is -0.339. The summed E-state index contributed by atoms with van der Waals surface area (Å²) in [6.07, 6.45) is 0.0246. The second-order valence-electron chi connectivity index (χ2n) is 12.4. The van der Waals surface area contributed by atoms with Crippen molar-refractivity contribution in [2.24, 2.45) is 27.8 Å². The largest absolute Gasteiger partial charge is 0.381 e. The molecule has 0 aliphatic carbocycles. The van der Waals surface area contributed by atoms with E-state index in [1.165, 1.54) is 0 Å². The first-order valence-corrected chi connectivity index (χ1v) is 14.3. The fraction of sp³-hybridized carbons (Fsp3) is 0.926. The van der Waals surface area contributed by atoms with E-state index in [1.807, 2.05) is 0 Å². The van der Waals surface area contributed by atoms with Gasteiger partial charge < -0.3 is 26.8 Å². The van der Waals surface area contributed by atoms with E-state index in [9.17, 15) is 9.18 Å². The van der Waals surface area contributed by atoms with E-state index in [4.69, 9.17) is 16.2 Å². The molecular weight excluding hydrogens is 492 g/mol. The predicted molar refractivity (Wildman–Crippen MR) is 148 cm³/mol. The number of alkyl halides is 2. The number of nitrogens with zero attached hydrogens (tertiary/aromatic N) is 3. The highest BCUT2D eigenvalue weighted by atomic mass is 19.1. The van der Waals surface area contributed by atoms with Gasteiger partial charge in [0.05, 0.1) is 24.8 Å². The number of hydrogen-bond acceptors (Lipinski definition) is 8. The lowest BCUT2D eigenvalue weighted by Gasteiger charge is -2.47. The Morgan fingerprint density at radius 3 is 2.37 bits per heavy atom. The van der Waals surface area contributed by atoms with Crippen molar-refractivity contribution in [2.75, 3.05) is 59.0 Å². The van der Waals surface area contributed by atoms with Gasteiger partial charge in [0.25, 0.3) is 0 Å². The van der Waals surface area contributed by atoms with Crippen LogP contribution in [0.4, 0.5) is 8.78 Å². The predicted octanol–water partition coefficient (Wildman–Crippen LogP) is 1.06. The molecule has 1 amide bonds. The van der Waals surface area contributed by atoms with Crippen LogP contribution in [0.25, 0.3) is 0 Å². The van der Waals surface area contributed by atoms with Crippen molar-refractivity contribution >= 4 is 11.6 Å². The Hall–Kier alpha value is -1.24. The lowest BCUT2D eigenvalue weighted by molar-refractivity contribution is -0.125. The van der Waals surface area contributed by atoms with Crippen LogP contribution in [0, 0.1) is 11.3 Å². The van der Waals surface area contributed by atoms with Crippen molar-refractivity contribution in [3.05, 3.63) is 0 Å². The van der Waals surface area contributed by atoms with Crippen LogP contribution in [0.15, 0.2) is 4.99 Å². The highest BCUT2D eigenvalue weighted by Gasteiger charge is 2.41. The van der Waals surface area contributed by atoms with E-state index in [2.05, 4.69) is 46.2 Å². The lowest BCUT2D eigenvalue weighted by atomic mass is 9.89. The zero-order valence-corrected chi connectivity index (χ0v) is 23.8. The zero-order chi connectivity index (χ0) is 27.9. The molecule has 3 saturated heterocycles. The first kappa shape index (κ1) is 31.3. The van der Waals surface area contributed by atoms with E-state index in [-0.39, 0.29) is 18.5 Å². The maximum absolute atomic E-state index is 15.3. The number of carbonyl (C=O) groups is 1. The summed E-state index contributed by atoms with van der Waals surface area (Å²) in [5, 5.41) is 6.12.